The summed E-state index contributed by atoms with van der Waals surface area (Å²) >= 11 is 0. The van der Waals surface area contributed by atoms with E-state index in [1.807, 2.05) is 6.07 Å². The summed E-state index contributed by atoms with van der Waals surface area (Å²) < 4.78 is 5.27. The Morgan fingerprint density at radius 3 is 3.15 bits per heavy atom. The van der Waals surface area contributed by atoms with Gasteiger partial charge in [-0.05, 0) is 19.4 Å². The van der Waals surface area contributed by atoms with Crippen molar-refractivity contribution >= 4 is 0 Å². The summed E-state index contributed by atoms with van der Waals surface area (Å²) in [6.45, 7) is 2.61. The molecule has 1 heterocycles. The Morgan fingerprint density at radius 1 is 1.77 bits per heavy atom. The van der Waals surface area contributed by atoms with Gasteiger partial charge in [0.2, 0.25) is 0 Å². The third kappa shape index (κ3) is 3.31. The maximum Gasteiger partial charge on any atom is 0.106 e. The monoisotopic (exact) mass is 183 g/mol. The quantitative estimate of drug-likeness (QED) is 0.666. The van der Waals surface area contributed by atoms with Gasteiger partial charge in [0.1, 0.15) is 6.04 Å². The van der Waals surface area contributed by atoms with Crippen LogP contribution >= 0.6 is 0 Å². The van der Waals surface area contributed by atoms with Crippen LogP contribution in [0.2, 0.25) is 0 Å². The van der Waals surface area contributed by atoms with Crippen LogP contribution in [0, 0.1) is 11.3 Å². The molecule has 2 unspecified atom stereocenters. The third-order valence-corrected chi connectivity index (χ3v) is 2.42. The van der Waals surface area contributed by atoms with Crippen LogP contribution < -0.4 is 5.73 Å². The van der Waals surface area contributed by atoms with Gasteiger partial charge in [-0.15, -0.1) is 0 Å². The normalized spacial score (nSPS) is 26.7. The number of piperidine rings is 1. The van der Waals surface area contributed by atoms with Gasteiger partial charge in [0.05, 0.1) is 12.2 Å². The van der Waals surface area contributed by atoms with Crippen LogP contribution in [0.1, 0.15) is 12.8 Å². The fourth-order valence-corrected chi connectivity index (χ4v) is 1.69. The number of nitrogens with zero attached hydrogens (tertiary/aromatic N) is 2. The fourth-order valence-electron chi connectivity index (χ4n) is 1.69. The Labute approximate surface area is 79.3 Å². The second-order valence-corrected chi connectivity index (χ2v) is 3.50. The second kappa shape index (κ2) is 5.18. The van der Waals surface area contributed by atoms with E-state index in [1.54, 1.807) is 7.11 Å². The number of ether oxygens (including phenoxy) is 1. The zero-order valence-electron chi connectivity index (χ0n) is 8.07. The predicted octanol–water partition coefficient (Wildman–Crippen LogP) is -0.0519. The fraction of sp³-hybridized carbons (Fsp3) is 0.889. The molecule has 0 saturated carbocycles. The Morgan fingerprint density at radius 2 is 2.54 bits per heavy atom. The van der Waals surface area contributed by atoms with Gasteiger partial charge < -0.3 is 10.5 Å². The number of nitriles is 1. The van der Waals surface area contributed by atoms with E-state index in [2.05, 4.69) is 4.90 Å². The van der Waals surface area contributed by atoms with E-state index in [9.17, 15) is 0 Å². The van der Waals surface area contributed by atoms with Crippen molar-refractivity contribution in [3.8, 4) is 6.07 Å². The van der Waals surface area contributed by atoms with Gasteiger partial charge in [-0.2, -0.15) is 5.26 Å². The van der Waals surface area contributed by atoms with Crippen LogP contribution in [0.15, 0.2) is 0 Å². The largest absolute Gasteiger partial charge is 0.380 e. The molecule has 4 nitrogen and oxygen atoms in total. The van der Waals surface area contributed by atoms with Gasteiger partial charge in [-0.25, -0.2) is 0 Å². The first-order valence-electron chi connectivity index (χ1n) is 4.66. The highest BCUT2D eigenvalue weighted by atomic mass is 16.5. The molecule has 0 amide bonds. The lowest BCUT2D eigenvalue weighted by Crippen LogP contribution is -2.44. The average molecular weight is 183 g/mol. The van der Waals surface area contributed by atoms with E-state index in [0.717, 1.165) is 25.9 Å². The van der Waals surface area contributed by atoms with Crippen LogP contribution in [-0.2, 0) is 4.74 Å². The molecule has 1 rings (SSSR count). The molecule has 0 aliphatic carbocycles. The van der Waals surface area contributed by atoms with E-state index >= 15 is 0 Å². The minimum atomic E-state index is -0.365. The maximum atomic E-state index is 8.56. The topological polar surface area (TPSA) is 62.3 Å². The Hall–Kier alpha value is -0.630. The third-order valence-electron chi connectivity index (χ3n) is 2.42. The first-order chi connectivity index (χ1) is 6.26. The standard InChI is InChI=1S/C9H17N3O/c1-13-9-3-2-4-12(7-9)6-8(11)5-10/h8-9H,2-4,6-7,11H2,1H3. The van der Waals surface area contributed by atoms with Crippen molar-refractivity contribution in [2.45, 2.75) is 25.0 Å². The van der Waals surface area contributed by atoms with E-state index in [4.69, 9.17) is 15.7 Å². The highest BCUT2D eigenvalue weighted by Gasteiger charge is 2.20. The van der Waals surface area contributed by atoms with Crippen molar-refractivity contribution in [2.24, 2.45) is 5.73 Å². The minimum absolute atomic E-state index is 0.319. The highest BCUT2D eigenvalue weighted by molar-refractivity contribution is 4.90. The van der Waals surface area contributed by atoms with Gasteiger partial charge in [-0.3, -0.25) is 4.90 Å². The van der Waals surface area contributed by atoms with Crippen LogP contribution in [-0.4, -0.2) is 43.8 Å². The number of hydrogen-bond acceptors (Lipinski definition) is 4. The van der Waals surface area contributed by atoms with Gasteiger partial charge >= 0.3 is 0 Å². The van der Waals surface area contributed by atoms with Crippen LogP contribution in [0.4, 0.5) is 0 Å². The van der Waals surface area contributed by atoms with Gasteiger partial charge in [0.15, 0.2) is 0 Å². The summed E-state index contributed by atoms with van der Waals surface area (Å²) in [5, 5.41) is 8.56. The molecule has 0 aromatic heterocycles. The van der Waals surface area contributed by atoms with Crippen molar-refractivity contribution in [3.63, 3.8) is 0 Å². The molecular weight excluding hydrogens is 166 g/mol. The molecule has 0 aromatic carbocycles. The molecule has 0 radical (unpaired) electrons. The summed E-state index contributed by atoms with van der Waals surface area (Å²) in [5.41, 5.74) is 5.55. The van der Waals surface area contributed by atoms with E-state index in [-0.39, 0.29) is 6.04 Å². The lowest BCUT2D eigenvalue weighted by molar-refractivity contribution is 0.0310. The summed E-state index contributed by atoms with van der Waals surface area (Å²) in [6.07, 6.45) is 2.57. The SMILES string of the molecule is COC1CCCN(CC(N)C#N)C1. The van der Waals surface area contributed by atoms with E-state index in [1.165, 1.54) is 0 Å². The zero-order valence-corrected chi connectivity index (χ0v) is 8.07. The summed E-state index contributed by atoms with van der Waals surface area (Å²) in [6, 6.07) is 1.68. The number of nitrogens with two attached hydrogens (primary N) is 1. The first kappa shape index (κ1) is 10.5. The van der Waals surface area contributed by atoms with Crippen molar-refractivity contribution < 1.29 is 4.74 Å². The highest BCUT2D eigenvalue weighted by Crippen LogP contribution is 2.12. The van der Waals surface area contributed by atoms with Crippen LogP contribution in [0.25, 0.3) is 0 Å². The van der Waals surface area contributed by atoms with Gasteiger partial charge in [0.25, 0.3) is 0 Å². The number of methoxy groups -OCH3 is 1. The molecule has 2 N–H and O–H groups in total. The van der Waals surface area contributed by atoms with Crippen molar-refractivity contribution in [3.05, 3.63) is 0 Å². The van der Waals surface area contributed by atoms with E-state index in [0.29, 0.717) is 12.6 Å². The summed E-state index contributed by atoms with van der Waals surface area (Å²) in [7, 11) is 1.73. The minimum Gasteiger partial charge on any atom is -0.380 e. The molecule has 2 atom stereocenters. The van der Waals surface area contributed by atoms with Crippen molar-refractivity contribution in [1.82, 2.24) is 4.90 Å². The smallest absolute Gasteiger partial charge is 0.106 e. The lowest BCUT2D eigenvalue weighted by Gasteiger charge is -2.32. The molecule has 1 saturated heterocycles. The zero-order chi connectivity index (χ0) is 9.68. The molecule has 0 spiro atoms. The molecule has 1 aliphatic heterocycles. The lowest BCUT2D eigenvalue weighted by atomic mass is 10.1. The van der Waals surface area contributed by atoms with Gasteiger partial charge in [-0.1, -0.05) is 0 Å². The molecule has 4 heteroatoms. The van der Waals surface area contributed by atoms with Crippen LogP contribution in [0.3, 0.4) is 0 Å². The van der Waals surface area contributed by atoms with Crippen LogP contribution in [0.5, 0.6) is 0 Å². The summed E-state index contributed by atoms with van der Waals surface area (Å²) in [5.74, 6) is 0. The number of rotatable bonds is 3. The molecule has 74 valence electrons. The first-order valence-corrected chi connectivity index (χ1v) is 4.66. The molecule has 1 aliphatic rings. The number of likely N-dealkylation sites (tertiary alicyclic amines) is 1. The Kier molecular flexibility index (Phi) is 4.16. The Balaban J connectivity index is 2.30. The molecule has 0 aromatic rings. The Bertz CT molecular complexity index is 190. The number of hydrogen-bond donors (Lipinski definition) is 1. The second-order valence-electron chi connectivity index (χ2n) is 3.50. The molecule has 13 heavy (non-hydrogen) atoms. The molecular formula is C9H17N3O. The molecule has 0 bridgehead atoms. The summed E-state index contributed by atoms with van der Waals surface area (Å²) in [4.78, 5) is 2.20. The maximum absolute atomic E-state index is 8.56. The predicted molar refractivity (Wildman–Crippen MR) is 50.1 cm³/mol. The van der Waals surface area contributed by atoms with Gasteiger partial charge in [0, 0.05) is 20.2 Å². The molecule has 1 fully saturated rings. The average Bonchev–Trinajstić information content (AvgIpc) is 2.18. The van der Waals surface area contributed by atoms with Crippen molar-refractivity contribution in [1.29, 1.82) is 5.26 Å². The van der Waals surface area contributed by atoms with Crippen molar-refractivity contribution in [2.75, 3.05) is 26.7 Å². The van der Waals surface area contributed by atoms with E-state index < -0.39 is 0 Å².